The van der Waals surface area contributed by atoms with Gasteiger partial charge in [0.1, 0.15) is 6.61 Å². The molecule has 0 radical (unpaired) electrons. The van der Waals surface area contributed by atoms with Crippen LogP contribution in [-0.4, -0.2) is 60.5 Å². The highest BCUT2D eigenvalue weighted by atomic mass is 19.4. The Balaban J connectivity index is 1.30. The van der Waals surface area contributed by atoms with Gasteiger partial charge in [-0.05, 0) is 48.8 Å². The Kier molecular flexibility index (Phi) is 6.28. The number of rotatable bonds is 2. The zero-order valence-electron chi connectivity index (χ0n) is 17.7. The summed E-state index contributed by atoms with van der Waals surface area (Å²) >= 11 is 0. The molecule has 0 bridgehead atoms. The number of carbonyl (C=O) groups excluding carboxylic acids is 2. The second-order valence-electron chi connectivity index (χ2n) is 9.10. The number of ketones is 1. The van der Waals surface area contributed by atoms with Gasteiger partial charge < -0.3 is 14.5 Å². The van der Waals surface area contributed by atoms with Crippen molar-refractivity contribution in [3.63, 3.8) is 0 Å². The molecule has 3 heterocycles. The van der Waals surface area contributed by atoms with Crippen molar-refractivity contribution in [2.24, 2.45) is 11.8 Å². The normalized spacial score (nSPS) is 26.5. The minimum atomic E-state index is -4.32. The average molecular weight is 438 g/mol. The lowest BCUT2D eigenvalue weighted by Crippen LogP contribution is -2.54. The van der Waals surface area contributed by atoms with Crippen molar-refractivity contribution < 1.29 is 27.5 Å². The zero-order chi connectivity index (χ0) is 22.2. The topological polar surface area (TPSA) is 49.9 Å². The van der Waals surface area contributed by atoms with Crippen molar-refractivity contribution in [3.05, 3.63) is 35.4 Å². The number of carbonyl (C=O) groups is 2. The summed E-state index contributed by atoms with van der Waals surface area (Å²) in [7, 11) is 0. The Hall–Kier alpha value is -2.09. The Morgan fingerprint density at radius 1 is 1.06 bits per heavy atom. The lowest BCUT2D eigenvalue weighted by Gasteiger charge is -2.43. The van der Waals surface area contributed by atoms with Gasteiger partial charge in [-0.1, -0.05) is 19.1 Å². The van der Waals surface area contributed by atoms with Crippen LogP contribution in [-0.2, 0) is 15.7 Å². The van der Waals surface area contributed by atoms with Gasteiger partial charge in [0, 0.05) is 38.5 Å². The molecule has 0 N–H and O–H groups in total. The Morgan fingerprint density at radius 3 is 2.35 bits per heavy atom. The third-order valence-corrected chi connectivity index (χ3v) is 7.16. The molecule has 31 heavy (non-hydrogen) atoms. The molecule has 0 aliphatic carbocycles. The van der Waals surface area contributed by atoms with Gasteiger partial charge in [-0.25, -0.2) is 4.79 Å². The molecule has 3 aliphatic rings. The lowest BCUT2D eigenvalue weighted by molar-refractivity contribution is -0.140. The minimum Gasteiger partial charge on any atom is -0.370 e. The summed E-state index contributed by atoms with van der Waals surface area (Å²) in [4.78, 5) is 28.4. The van der Waals surface area contributed by atoms with Crippen LogP contribution >= 0.6 is 0 Å². The third kappa shape index (κ3) is 4.89. The molecule has 3 aliphatic heterocycles. The van der Waals surface area contributed by atoms with Crippen LogP contribution in [0.15, 0.2) is 24.3 Å². The van der Waals surface area contributed by atoms with Crippen LogP contribution in [0, 0.1) is 11.8 Å². The number of benzene rings is 1. The number of Topliss-reactive ketones (excluding diaryl/α,β-unsaturated/α-hetero) is 1. The van der Waals surface area contributed by atoms with Gasteiger partial charge in [-0.3, -0.25) is 4.79 Å². The number of hydrogen-bond donors (Lipinski definition) is 0. The van der Waals surface area contributed by atoms with E-state index in [4.69, 9.17) is 4.74 Å². The van der Waals surface area contributed by atoms with Crippen molar-refractivity contribution in [2.45, 2.75) is 50.8 Å². The SMILES string of the molecule is CC(c1ccc(C(F)(F)F)cc1)C1CCN(C(=O)N2CC[C@@H]3OCC(=O)C[C@@H]3C2)CC1. The fraction of sp³-hybridized carbons (Fsp3) is 0.652. The Morgan fingerprint density at radius 2 is 1.71 bits per heavy atom. The first-order valence-electron chi connectivity index (χ1n) is 11.1. The lowest BCUT2D eigenvalue weighted by atomic mass is 9.81. The molecule has 1 aromatic rings. The third-order valence-electron chi connectivity index (χ3n) is 7.16. The highest BCUT2D eigenvalue weighted by Crippen LogP contribution is 2.35. The van der Waals surface area contributed by atoms with E-state index in [9.17, 15) is 22.8 Å². The second-order valence-corrected chi connectivity index (χ2v) is 9.10. The monoisotopic (exact) mass is 438 g/mol. The summed E-state index contributed by atoms with van der Waals surface area (Å²) in [5.41, 5.74) is 0.277. The Bertz CT molecular complexity index is 803. The second kappa shape index (κ2) is 8.81. The number of nitrogens with zero attached hydrogens (tertiary/aromatic N) is 2. The van der Waals surface area contributed by atoms with Gasteiger partial charge in [0.05, 0.1) is 11.7 Å². The number of amides is 2. The smallest absolute Gasteiger partial charge is 0.370 e. The highest BCUT2D eigenvalue weighted by molar-refractivity contribution is 5.81. The first-order chi connectivity index (χ1) is 14.7. The maximum Gasteiger partial charge on any atom is 0.416 e. The molecule has 5 nitrogen and oxygen atoms in total. The number of fused-ring (bicyclic) bond motifs is 1. The van der Waals surface area contributed by atoms with Crippen molar-refractivity contribution in [3.8, 4) is 0 Å². The van der Waals surface area contributed by atoms with E-state index in [1.807, 2.05) is 9.80 Å². The molecule has 4 rings (SSSR count). The molecule has 3 saturated heterocycles. The minimum absolute atomic E-state index is 0.0251. The number of likely N-dealkylation sites (tertiary alicyclic amines) is 2. The van der Waals surface area contributed by atoms with Crippen LogP contribution < -0.4 is 0 Å². The average Bonchev–Trinajstić information content (AvgIpc) is 2.77. The molecule has 0 spiro atoms. The van der Waals surface area contributed by atoms with E-state index in [1.54, 1.807) is 12.1 Å². The fourth-order valence-electron chi connectivity index (χ4n) is 5.19. The molecule has 2 amide bonds. The number of halogens is 3. The van der Waals surface area contributed by atoms with Crippen LogP contribution in [0.5, 0.6) is 0 Å². The van der Waals surface area contributed by atoms with Crippen LogP contribution in [0.25, 0.3) is 0 Å². The van der Waals surface area contributed by atoms with E-state index in [0.717, 1.165) is 37.0 Å². The van der Waals surface area contributed by atoms with E-state index < -0.39 is 11.7 Å². The quantitative estimate of drug-likeness (QED) is 0.691. The number of urea groups is 1. The number of ether oxygens (including phenoxy) is 1. The fourth-order valence-corrected chi connectivity index (χ4v) is 5.19. The van der Waals surface area contributed by atoms with E-state index in [0.29, 0.717) is 38.5 Å². The summed E-state index contributed by atoms with van der Waals surface area (Å²) in [5.74, 6) is 0.668. The van der Waals surface area contributed by atoms with Gasteiger partial charge in [-0.2, -0.15) is 13.2 Å². The van der Waals surface area contributed by atoms with Crippen LogP contribution in [0.1, 0.15) is 49.7 Å². The molecule has 3 atom stereocenters. The summed E-state index contributed by atoms with van der Waals surface area (Å²) in [6, 6.07) is 5.46. The molecular formula is C23H29F3N2O3. The maximum atomic E-state index is 13.0. The van der Waals surface area contributed by atoms with E-state index in [1.165, 1.54) is 0 Å². The van der Waals surface area contributed by atoms with Gasteiger partial charge in [-0.15, -0.1) is 0 Å². The van der Waals surface area contributed by atoms with Crippen molar-refractivity contribution >= 4 is 11.8 Å². The molecule has 0 saturated carbocycles. The standard InChI is InChI=1S/C23H29F3N2O3/c1-15(16-2-4-19(5-3-16)23(24,25)26)17-6-9-27(10-7-17)22(30)28-11-8-21-18(13-28)12-20(29)14-31-21/h2-5,15,17-18,21H,6-14H2,1H3/t15?,18-,21+/m1/s1. The predicted molar refractivity (Wildman–Crippen MR) is 109 cm³/mol. The maximum absolute atomic E-state index is 13.0. The Labute approximate surface area is 180 Å². The summed E-state index contributed by atoms with van der Waals surface area (Å²) in [6.07, 6.45) is -1.33. The molecular weight excluding hydrogens is 409 g/mol. The predicted octanol–water partition coefficient (Wildman–Crippen LogP) is 4.32. The van der Waals surface area contributed by atoms with E-state index >= 15 is 0 Å². The molecule has 0 aromatic heterocycles. The van der Waals surface area contributed by atoms with Crippen LogP contribution in [0.4, 0.5) is 18.0 Å². The summed E-state index contributed by atoms with van der Waals surface area (Å²) in [6.45, 7) is 4.76. The number of piperidine rings is 2. The van der Waals surface area contributed by atoms with Crippen molar-refractivity contribution in [1.29, 1.82) is 0 Å². The highest BCUT2D eigenvalue weighted by Gasteiger charge is 2.38. The summed E-state index contributed by atoms with van der Waals surface area (Å²) < 4.78 is 44.0. The molecule has 1 unspecified atom stereocenters. The van der Waals surface area contributed by atoms with Crippen LogP contribution in [0.3, 0.4) is 0 Å². The molecule has 3 fully saturated rings. The molecule has 8 heteroatoms. The number of hydrogen-bond acceptors (Lipinski definition) is 3. The van der Waals surface area contributed by atoms with Gasteiger partial charge in [0.25, 0.3) is 0 Å². The van der Waals surface area contributed by atoms with Gasteiger partial charge in [0.15, 0.2) is 5.78 Å². The van der Waals surface area contributed by atoms with Gasteiger partial charge >= 0.3 is 12.2 Å². The largest absolute Gasteiger partial charge is 0.416 e. The zero-order valence-corrected chi connectivity index (χ0v) is 17.7. The van der Waals surface area contributed by atoms with Crippen molar-refractivity contribution in [2.75, 3.05) is 32.8 Å². The summed E-state index contributed by atoms with van der Waals surface area (Å²) in [5, 5.41) is 0. The first-order valence-corrected chi connectivity index (χ1v) is 11.1. The van der Waals surface area contributed by atoms with E-state index in [-0.39, 0.29) is 36.4 Å². The molecule has 1 aromatic carbocycles. The van der Waals surface area contributed by atoms with Crippen LogP contribution in [0.2, 0.25) is 0 Å². The van der Waals surface area contributed by atoms with E-state index in [2.05, 4.69) is 6.92 Å². The first kappa shape index (κ1) is 22.1. The van der Waals surface area contributed by atoms with Gasteiger partial charge in [0.2, 0.25) is 0 Å². The molecule has 170 valence electrons. The number of alkyl halides is 3. The van der Waals surface area contributed by atoms with Crippen molar-refractivity contribution in [1.82, 2.24) is 9.80 Å².